The zero-order valence-electron chi connectivity index (χ0n) is 9.22. The van der Waals surface area contributed by atoms with Crippen LogP contribution < -0.4 is 5.32 Å². The molecule has 4 nitrogen and oxygen atoms in total. The maximum Gasteiger partial charge on any atom is 0.259 e. The topological polar surface area (TPSA) is 69.6 Å². The van der Waals surface area contributed by atoms with E-state index in [1.807, 2.05) is 0 Å². The molecule has 0 spiro atoms. The van der Waals surface area contributed by atoms with Crippen LogP contribution in [0.3, 0.4) is 0 Å². The minimum atomic E-state index is -0.439. The zero-order valence-corrected chi connectivity index (χ0v) is 10.8. The van der Waals surface area contributed by atoms with Crippen molar-refractivity contribution in [3.8, 4) is 11.5 Å². The summed E-state index contributed by atoms with van der Waals surface area (Å²) in [5, 5.41) is 21.5. The highest BCUT2D eigenvalue weighted by molar-refractivity contribution is 9.10. The third kappa shape index (κ3) is 2.81. The third-order valence-corrected chi connectivity index (χ3v) is 2.80. The van der Waals surface area contributed by atoms with E-state index >= 15 is 0 Å². The lowest BCUT2D eigenvalue weighted by Crippen LogP contribution is -2.11. The van der Waals surface area contributed by atoms with Crippen molar-refractivity contribution in [3.63, 3.8) is 0 Å². The number of phenolic OH excluding ortho intramolecular Hbond substituents is 2. The Labute approximate surface area is 112 Å². The van der Waals surface area contributed by atoms with E-state index in [4.69, 9.17) is 0 Å². The average Bonchev–Trinajstić information content (AvgIpc) is 2.28. The van der Waals surface area contributed by atoms with E-state index in [1.165, 1.54) is 24.3 Å². The van der Waals surface area contributed by atoms with E-state index in [9.17, 15) is 15.0 Å². The SMILES string of the molecule is O=C(Nc1cccc(O)c1)c1ccc(Br)cc1O. The second-order valence-electron chi connectivity index (χ2n) is 3.67. The van der Waals surface area contributed by atoms with Crippen molar-refractivity contribution in [3.05, 3.63) is 52.5 Å². The van der Waals surface area contributed by atoms with Crippen LogP contribution in [0, 0.1) is 0 Å². The van der Waals surface area contributed by atoms with Gasteiger partial charge in [0.05, 0.1) is 5.56 Å². The summed E-state index contributed by atoms with van der Waals surface area (Å²) in [6.07, 6.45) is 0. The summed E-state index contributed by atoms with van der Waals surface area (Å²) < 4.78 is 0.689. The summed E-state index contributed by atoms with van der Waals surface area (Å²) in [6.45, 7) is 0. The van der Waals surface area contributed by atoms with Crippen LogP contribution in [0.15, 0.2) is 46.9 Å². The fourth-order valence-electron chi connectivity index (χ4n) is 1.48. The first kappa shape index (κ1) is 12.4. The fraction of sp³-hybridized carbons (Fsp3) is 0. The number of phenols is 2. The molecule has 0 unspecified atom stereocenters. The second-order valence-corrected chi connectivity index (χ2v) is 4.58. The normalized spacial score (nSPS) is 10.1. The van der Waals surface area contributed by atoms with Crippen molar-refractivity contribution >= 4 is 27.5 Å². The zero-order chi connectivity index (χ0) is 13.1. The van der Waals surface area contributed by atoms with Crippen LogP contribution in [-0.4, -0.2) is 16.1 Å². The van der Waals surface area contributed by atoms with Crippen molar-refractivity contribution in [2.75, 3.05) is 5.32 Å². The van der Waals surface area contributed by atoms with E-state index in [-0.39, 0.29) is 17.1 Å². The molecule has 0 aliphatic rings. The van der Waals surface area contributed by atoms with E-state index in [2.05, 4.69) is 21.2 Å². The van der Waals surface area contributed by atoms with Gasteiger partial charge in [-0.3, -0.25) is 4.79 Å². The monoisotopic (exact) mass is 307 g/mol. The van der Waals surface area contributed by atoms with Crippen LogP contribution in [0.4, 0.5) is 5.69 Å². The second kappa shape index (κ2) is 5.10. The van der Waals surface area contributed by atoms with Crippen molar-refractivity contribution < 1.29 is 15.0 Å². The van der Waals surface area contributed by atoms with Crippen LogP contribution in [0.1, 0.15) is 10.4 Å². The number of hydrogen-bond donors (Lipinski definition) is 3. The van der Waals surface area contributed by atoms with Gasteiger partial charge in [0.25, 0.3) is 5.91 Å². The van der Waals surface area contributed by atoms with Gasteiger partial charge in [-0.2, -0.15) is 0 Å². The Kier molecular flexibility index (Phi) is 3.53. The first-order valence-electron chi connectivity index (χ1n) is 5.15. The quantitative estimate of drug-likeness (QED) is 0.798. The molecule has 3 N–H and O–H groups in total. The molecule has 2 rings (SSSR count). The van der Waals surface area contributed by atoms with Gasteiger partial charge < -0.3 is 15.5 Å². The highest BCUT2D eigenvalue weighted by Crippen LogP contribution is 2.24. The van der Waals surface area contributed by atoms with Gasteiger partial charge in [0.1, 0.15) is 11.5 Å². The highest BCUT2D eigenvalue weighted by atomic mass is 79.9. The van der Waals surface area contributed by atoms with Crippen LogP contribution in [0.5, 0.6) is 11.5 Å². The number of carbonyl (C=O) groups is 1. The van der Waals surface area contributed by atoms with Gasteiger partial charge >= 0.3 is 0 Å². The lowest BCUT2D eigenvalue weighted by Gasteiger charge is -2.07. The molecule has 0 aliphatic carbocycles. The molecule has 2 aromatic carbocycles. The molecule has 2 aromatic rings. The molecule has 0 bridgehead atoms. The van der Waals surface area contributed by atoms with Gasteiger partial charge in [-0.25, -0.2) is 0 Å². The van der Waals surface area contributed by atoms with Crippen molar-refractivity contribution in [2.24, 2.45) is 0 Å². The van der Waals surface area contributed by atoms with E-state index < -0.39 is 5.91 Å². The third-order valence-electron chi connectivity index (χ3n) is 2.31. The molecule has 18 heavy (non-hydrogen) atoms. The molecule has 0 atom stereocenters. The van der Waals surface area contributed by atoms with Gasteiger partial charge in [-0.15, -0.1) is 0 Å². The lowest BCUT2D eigenvalue weighted by atomic mass is 10.2. The number of rotatable bonds is 2. The molecule has 5 heteroatoms. The number of nitrogens with one attached hydrogen (secondary N) is 1. The van der Waals surface area contributed by atoms with E-state index in [0.29, 0.717) is 10.2 Å². The maximum absolute atomic E-state index is 11.9. The molecular weight excluding hydrogens is 298 g/mol. The number of amides is 1. The first-order valence-corrected chi connectivity index (χ1v) is 5.94. The highest BCUT2D eigenvalue weighted by Gasteiger charge is 2.11. The minimum absolute atomic E-state index is 0.0628. The van der Waals surface area contributed by atoms with Crippen molar-refractivity contribution in [1.82, 2.24) is 0 Å². The molecular formula is C13H10BrNO3. The Morgan fingerprint density at radius 3 is 2.56 bits per heavy atom. The molecule has 92 valence electrons. The number of aromatic hydroxyl groups is 2. The number of halogens is 1. The molecule has 0 aliphatic heterocycles. The van der Waals surface area contributed by atoms with Crippen LogP contribution in [-0.2, 0) is 0 Å². The molecule has 0 saturated carbocycles. The number of benzene rings is 2. The lowest BCUT2D eigenvalue weighted by molar-refractivity contribution is 0.102. The summed E-state index contributed by atoms with van der Waals surface area (Å²) in [4.78, 5) is 11.9. The van der Waals surface area contributed by atoms with Crippen molar-refractivity contribution in [1.29, 1.82) is 0 Å². The standard InChI is InChI=1S/C13H10BrNO3/c14-8-4-5-11(12(17)6-8)13(18)15-9-2-1-3-10(16)7-9/h1-7,16-17H,(H,15,18). The largest absolute Gasteiger partial charge is 0.508 e. The smallest absolute Gasteiger partial charge is 0.259 e. The Morgan fingerprint density at radius 2 is 1.89 bits per heavy atom. The van der Waals surface area contributed by atoms with Crippen LogP contribution in [0.2, 0.25) is 0 Å². The summed E-state index contributed by atoms with van der Waals surface area (Å²) >= 11 is 3.20. The Morgan fingerprint density at radius 1 is 1.11 bits per heavy atom. The number of carbonyl (C=O) groups excluding carboxylic acids is 1. The fourth-order valence-corrected chi connectivity index (χ4v) is 1.83. The molecule has 0 fully saturated rings. The average molecular weight is 308 g/mol. The first-order chi connectivity index (χ1) is 8.56. The molecule has 0 heterocycles. The molecule has 1 amide bonds. The summed E-state index contributed by atoms with van der Waals surface area (Å²) in [5.41, 5.74) is 0.629. The van der Waals surface area contributed by atoms with E-state index in [1.54, 1.807) is 18.2 Å². The summed E-state index contributed by atoms with van der Waals surface area (Å²) in [5.74, 6) is -0.486. The maximum atomic E-state index is 11.9. The Balaban J connectivity index is 2.22. The van der Waals surface area contributed by atoms with Gasteiger partial charge in [-0.1, -0.05) is 22.0 Å². The summed E-state index contributed by atoms with van der Waals surface area (Å²) in [6, 6.07) is 10.8. The van der Waals surface area contributed by atoms with Gasteiger partial charge in [0, 0.05) is 16.2 Å². The Bertz CT molecular complexity index is 599. The number of hydrogen-bond acceptors (Lipinski definition) is 3. The van der Waals surface area contributed by atoms with Crippen molar-refractivity contribution in [2.45, 2.75) is 0 Å². The number of anilines is 1. The van der Waals surface area contributed by atoms with Gasteiger partial charge in [0.15, 0.2) is 0 Å². The predicted octanol–water partition coefficient (Wildman–Crippen LogP) is 3.11. The van der Waals surface area contributed by atoms with Gasteiger partial charge in [-0.05, 0) is 30.3 Å². The molecule has 0 saturated heterocycles. The van der Waals surface area contributed by atoms with E-state index in [0.717, 1.165) is 0 Å². The van der Waals surface area contributed by atoms with Crippen LogP contribution in [0.25, 0.3) is 0 Å². The Hall–Kier alpha value is -2.01. The minimum Gasteiger partial charge on any atom is -0.508 e. The van der Waals surface area contributed by atoms with Gasteiger partial charge in [0.2, 0.25) is 0 Å². The molecule has 0 aromatic heterocycles. The van der Waals surface area contributed by atoms with Crippen LogP contribution >= 0.6 is 15.9 Å². The predicted molar refractivity (Wildman–Crippen MR) is 71.9 cm³/mol. The molecule has 0 radical (unpaired) electrons. The summed E-state index contributed by atoms with van der Waals surface area (Å²) in [7, 11) is 0.